The van der Waals surface area contributed by atoms with Crippen molar-refractivity contribution >= 4 is 22.8 Å². The van der Waals surface area contributed by atoms with Crippen molar-refractivity contribution < 1.29 is 19.2 Å². The Morgan fingerprint density at radius 1 is 0.914 bits per heavy atom. The summed E-state index contributed by atoms with van der Waals surface area (Å²) in [6.45, 7) is 0. The summed E-state index contributed by atoms with van der Waals surface area (Å²) in [5.41, 5.74) is 4.31. The molecule has 0 unspecified atom stereocenters. The van der Waals surface area contributed by atoms with Gasteiger partial charge in [0.25, 0.3) is 5.69 Å². The maximum absolute atomic E-state index is 13.7. The predicted molar refractivity (Wildman–Crippen MR) is 133 cm³/mol. The van der Waals surface area contributed by atoms with Crippen molar-refractivity contribution in [2.75, 3.05) is 24.9 Å². The van der Waals surface area contributed by atoms with Gasteiger partial charge in [0.15, 0.2) is 17.3 Å². The zero-order valence-electron chi connectivity index (χ0n) is 19.4. The van der Waals surface area contributed by atoms with Crippen molar-refractivity contribution in [1.82, 2.24) is 0 Å². The summed E-state index contributed by atoms with van der Waals surface area (Å²) in [4.78, 5) is 25.1. The summed E-state index contributed by atoms with van der Waals surface area (Å²) in [7, 11) is 3.17. The number of ketones is 1. The van der Waals surface area contributed by atoms with Crippen LogP contribution in [0.2, 0.25) is 0 Å². The maximum Gasteiger partial charge on any atom is 0.275 e. The highest BCUT2D eigenvalue weighted by molar-refractivity contribution is 6.01. The van der Waals surface area contributed by atoms with Gasteiger partial charge in [0.05, 0.1) is 42.1 Å². The largest absolute Gasteiger partial charge is 0.493 e. The average molecular weight is 472 g/mol. The fraction of sp³-hybridized carbons (Fsp3) is 0.222. The molecule has 0 aromatic heterocycles. The standard InChI is InChI=1S/C27H25N3O5/c1-34-24-12-11-16(15-25(24)35-2)17-13-21-26(23(31)14-17)27(18-7-3-6-10-22(18)30(32)33)29-20-9-5-4-8-19(20)28-21/h3-12,15,17,27-29H,13-14H2,1-2H3/t17-,27+/m1/s1. The van der Waals surface area contributed by atoms with Gasteiger partial charge in [-0.05, 0) is 48.2 Å². The Hall–Kier alpha value is -4.33. The minimum atomic E-state index is -0.651. The van der Waals surface area contributed by atoms with E-state index in [0.717, 1.165) is 22.6 Å². The van der Waals surface area contributed by atoms with Crippen LogP contribution in [-0.2, 0) is 4.79 Å². The van der Waals surface area contributed by atoms with E-state index in [4.69, 9.17) is 9.47 Å². The molecule has 0 radical (unpaired) electrons. The second-order valence-corrected chi connectivity index (χ2v) is 8.60. The van der Waals surface area contributed by atoms with E-state index >= 15 is 0 Å². The Balaban J connectivity index is 1.62. The molecule has 2 atom stereocenters. The zero-order valence-corrected chi connectivity index (χ0v) is 19.4. The highest BCUT2D eigenvalue weighted by atomic mass is 16.6. The summed E-state index contributed by atoms with van der Waals surface area (Å²) in [5.74, 6) is 1.10. The molecule has 0 saturated heterocycles. The average Bonchev–Trinajstić information content (AvgIpc) is 3.05. The van der Waals surface area contributed by atoms with Gasteiger partial charge in [-0.15, -0.1) is 0 Å². The Morgan fingerprint density at radius 3 is 2.37 bits per heavy atom. The summed E-state index contributed by atoms with van der Waals surface area (Å²) in [6, 6.07) is 19.3. The molecule has 8 nitrogen and oxygen atoms in total. The number of carbonyl (C=O) groups is 1. The Kier molecular flexibility index (Phi) is 5.86. The molecular weight excluding hydrogens is 446 g/mol. The quantitative estimate of drug-likeness (QED) is 0.369. The van der Waals surface area contributed by atoms with E-state index < -0.39 is 11.0 Å². The molecule has 2 aliphatic rings. The third-order valence-electron chi connectivity index (χ3n) is 6.63. The number of nitrogens with one attached hydrogen (secondary N) is 2. The molecule has 2 N–H and O–H groups in total. The molecule has 1 heterocycles. The van der Waals surface area contributed by atoms with E-state index in [1.807, 2.05) is 42.5 Å². The topological polar surface area (TPSA) is 103 Å². The summed E-state index contributed by atoms with van der Waals surface area (Å²) >= 11 is 0. The minimum Gasteiger partial charge on any atom is -0.493 e. The van der Waals surface area contributed by atoms with E-state index in [2.05, 4.69) is 10.6 Å². The van der Waals surface area contributed by atoms with Gasteiger partial charge in [-0.3, -0.25) is 14.9 Å². The van der Waals surface area contributed by atoms with Crippen LogP contribution < -0.4 is 20.1 Å². The molecule has 0 fully saturated rings. The SMILES string of the molecule is COc1ccc([C@H]2CC(=O)C3=C(C2)Nc2ccccc2N[C@H]3c2ccccc2[N+](=O)[O-])cc1OC. The van der Waals surface area contributed by atoms with E-state index in [0.29, 0.717) is 29.1 Å². The van der Waals surface area contributed by atoms with Gasteiger partial charge in [-0.1, -0.05) is 30.3 Å². The summed E-state index contributed by atoms with van der Waals surface area (Å²) in [5, 5.41) is 18.7. The van der Waals surface area contributed by atoms with E-state index in [1.54, 1.807) is 32.4 Å². The molecule has 178 valence electrons. The number of methoxy groups -OCH3 is 2. The first-order valence-electron chi connectivity index (χ1n) is 11.3. The number of nitro benzene ring substituents is 1. The monoisotopic (exact) mass is 471 g/mol. The summed E-state index contributed by atoms with van der Waals surface area (Å²) in [6.07, 6.45) is 0.856. The van der Waals surface area contributed by atoms with Gasteiger partial charge >= 0.3 is 0 Å². The fourth-order valence-corrected chi connectivity index (χ4v) is 4.97. The van der Waals surface area contributed by atoms with Crippen LogP contribution in [0.15, 0.2) is 78.0 Å². The van der Waals surface area contributed by atoms with Gasteiger partial charge in [0, 0.05) is 23.8 Å². The molecule has 3 aromatic rings. The Morgan fingerprint density at radius 2 is 1.63 bits per heavy atom. The van der Waals surface area contributed by atoms with Crippen LogP contribution in [0.1, 0.15) is 35.9 Å². The molecule has 0 spiro atoms. The van der Waals surface area contributed by atoms with Gasteiger partial charge in [0.2, 0.25) is 0 Å². The highest BCUT2D eigenvalue weighted by Gasteiger charge is 2.38. The van der Waals surface area contributed by atoms with E-state index in [1.165, 1.54) is 6.07 Å². The van der Waals surface area contributed by atoms with Crippen LogP contribution >= 0.6 is 0 Å². The molecule has 8 heteroatoms. The predicted octanol–water partition coefficient (Wildman–Crippen LogP) is 5.59. The van der Waals surface area contributed by atoms with E-state index in [-0.39, 0.29) is 23.8 Å². The summed E-state index contributed by atoms with van der Waals surface area (Å²) < 4.78 is 10.8. The van der Waals surface area contributed by atoms with Gasteiger partial charge in [-0.25, -0.2) is 0 Å². The van der Waals surface area contributed by atoms with Crippen molar-refractivity contribution in [3.05, 3.63) is 99.2 Å². The lowest BCUT2D eigenvalue weighted by atomic mass is 9.78. The molecule has 0 bridgehead atoms. The third kappa shape index (κ3) is 4.07. The normalized spacial score (nSPS) is 19.0. The number of para-hydroxylation sites is 3. The highest BCUT2D eigenvalue weighted by Crippen LogP contribution is 2.46. The van der Waals surface area contributed by atoms with E-state index in [9.17, 15) is 14.9 Å². The lowest BCUT2D eigenvalue weighted by molar-refractivity contribution is -0.385. The number of ether oxygens (including phenoxy) is 2. The number of carbonyl (C=O) groups excluding carboxylic acids is 1. The Labute approximate surface area is 202 Å². The molecule has 0 saturated carbocycles. The number of benzene rings is 3. The number of hydrogen-bond donors (Lipinski definition) is 2. The van der Waals surface area contributed by atoms with Crippen LogP contribution in [0.25, 0.3) is 0 Å². The number of nitro groups is 1. The minimum absolute atomic E-state index is 0.0222. The fourth-order valence-electron chi connectivity index (χ4n) is 4.97. The van der Waals surface area contributed by atoms with Crippen LogP contribution in [0, 0.1) is 10.1 Å². The van der Waals surface area contributed by atoms with Crippen LogP contribution in [0.3, 0.4) is 0 Å². The molecule has 35 heavy (non-hydrogen) atoms. The number of Topliss-reactive ketones (excluding diaryl/α,β-unsaturated/α-hetero) is 1. The van der Waals surface area contributed by atoms with Crippen molar-refractivity contribution in [1.29, 1.82) is 0 Å². The number of anilines is 2. The maximum atomic E-state index is 13.7. The van der Waals surface area contributed by atoms with Gasteiger partial charge < -0.3 is 20.1 Å². The van der Waals surface area contributed by atoms with Crippen molar-refractivity contribution in [2.45, 2.75) is 24.8 Å². The van der Waals surface area contributed by atoms with Crippen molar-refractivity contribution in [2.24, 2.45) is 0 Å². The first-order chi connectivity index (χ1) is 17.0. The number of fused-ring (bicyclic) bond motifs is 1. The number of nitrogens with zero attached hydrogens (tertiary/aromatic N) is 1. The van der Waals surface area contributed by atoms with Gasteiger partial charge in [0.1, 0.15) is 0 Å². The first kappa shape index (κ1) is 22.5. The number of rotatable bonds is 5. The van der Waals surface area contributed by atoms with Crippen molar-refractivity contribution in [3.63, 3.8) is 0 Å². The van der Waals surface area contributed by atoms with Crippen LogP contribution in [0.5, 0.6) is 11.5 Å². The lowest BCUT2D eigenvalue weighted by Crippen LogP contribution is -2.27. The number of allylic oxidation sites excluding steroid dienone is 1. The van der Waals surface area contributed by atoms with Gasteiger partial charge in [-0.2, -0.15) is 0 Å². The second-order valence-electron chi connectivity index (χ2n) is 8.60. The zero-order chi connectivity index (χ0) is 24.5. The van der Waals surface area contributed by atoms with Crippen LogP contribution in [0.4, 0.5) is 17.1 Å². The number of hydrogen-bond acceptors (Lipinski definition) is 7. The molecule has 1 aliphatic carbocycles. The molecule has 5 rings (SSSR count). The van der Waals surface area contributed by atoms with Crippen LogP contribution in [-0.4, -0.2) is 24.9 Å². The molecular formula is C27H25N3O5. The smallest absolute Gasteiger partial charge is 0.275 e. The second kappa shape index (κ2) is 9.13. The third-order valence-corrected chi connectivity index (χ3v) is 6.63. The lowest BCUT2D eigenvalue weighted by Gasteiger charge is -2.30. The molecule has 1 aliphatic heterocycles. The first-order valence-corrected chi connectivity index (χ1v) is 11.3. The molecule has 3 aromatic carbocycles. The molecule has 0 amide bonds. The Bertz CT molecular complexity index is 1350. The van der Waals surface area contributed by atoms with Crippen molar-refractivity contribution in [3.8, 4) is 11.5 Å².